The fourth-order valence-corrected chi connectivity index (χ4v) is 4.79. The first-order valence-electron chi connectivity index (χ1n) is 11.0. The molecule has 0 saturated heterocycles. The Kier molecular flexibility index (Phi) is 14.3. The number of amidine groups is 1. The number of hydrogen-bond donors (Lipinski definition) is 2. The average molecular weight is 525 g/mol. The highest BCUT2D eigenvalue weighted by Gasteiger charge is 2.37. The summed E-state index contributed by atoms with van der Waals surface area (Å²) in [5, 5.41) is 17.9. The molecule has 0 aromatic heterocycles. The molecular formula is C21H38IN2O5+. The van der Waals surface area contributed by atoms with E-state index in [2.05, 4.69) is 34.4 Å². The number of hydrogen-bond acceptors (Lipinski definition) is 4. The Morgan fingerprint density at radius 2 is 1.62 bits per heavy atom. The molecule has 0 amide bonds. The summed E-state index contributed by atoms with van der Waals surface area (Å²) in [6.45, 7) is 3.55. The molecule has 1 rings (SSSR count). The Hall–Kier alpha value is -0.900. The smallest absolute Gasteiger partial charge is 0.345 e. The van der Waals surface area contributed by atoms with Crippen LogP contribution in [-0.2, 0) is 14.3 Å². The van der Waals surface area contributed by atoms with Gasteiger partial charge in [-0.3, -0.25) is 0 Å². The minimum atomic E-state index is -0.973. The molecule has 1 aliphatic rings. The van der Waals surface area contributed by atoms with Crippen molar-refractivity contribution in [3.05, 3.63) is 0 Å². The van der Waals surface area contributed by atoms with Gasteiger partial charge in [0.25, 0.3) is 0 Å². The van der Waals surface area contributed by atoms with Crippen molar-refractivity contribution < 1.29 is 29.1 Å². The van der Waals surface area contributed by atoms with Crippen LogP contribution in [0.5, 0.6) is 0 Å². The van der Waals surface area contributed by atoms with Crippen LogP contribution in [0.15, 0.2) is 0 Å². The van der Waals surface area contributed by atoms with Gasteiger partial charge in [0.2, 0.25) is 5.84 Å². The monoisotopic (exact) mass is 525 g/mol. The second kappa shape index (κ2) is 15.9. The lowest BCUT2D eigenvalue weighted by atomic mass is 10.1. The van der Waals surface area contributed by atoms with Crippen molar-refractivity contribution in [2.45, 2.75) is 81.6 Å². The zero-order valence-corrected chi connectivity index (χ0v) is 19.9. The molecular weight excluding hydrogens is 487 g/mol. The topological polar surface area (TPSA) is 90.1 Å². The molecule has 0 aromatic carbocycles. The molecule has 1 aliphatic heterocycles. The number of rotatable bonds is 18. The number of carboxylic acid groups (broad SMARTS) is 2. The standard InChI is InChI=1S/C21H37IN2O5/c1-2-3-4-5-6-7-8-9-10-11-12-19-23(16-20(25)26)15-18(22)24(19)13-14-29-17-21(27)28/h18H,2-17H2,1H3,(H-,25,26,27,28)/p+1. The first kappa shape index (κ1) is 26.1. The summed E-state index contributed by atoms with van der Waals surface area (Å²) in [5.41, 5.74) is 0. The number of nitrogens with zero attached hydrogens (tertiary/aromatic N) is 2. The van der Waals surface area contributed by atoms with Crippen LogP contribution in [0.2, 0.25) is 0 Å². The van der Waals surface area contributed by atoms with Gasteiger partial charge in [0.1, 0.15) is 19.7 Å². The third kappa shape index (κ3) is 11.8. The molecule has 0 radical (unpaired) electrons. The van der Waals surface area contributed by atoms with E-state index in [0.29, 0.717) is 19.7 Å². The fraction of sp³-hybridized carbons (Fsp3) is 0.857. The highest BCUT2D eigenvalue weighted by atomic mass is 127. The van der Waals surface area contributed by atoms with E-state index < -0.39 is 11.9 Å². The molecule has 8 heteroatoms. The molecule has 1 heterocycles. The summed E-state index contributed by atoms with van der Waals surface area (Å²) in [6.07, 6.45) is 13.6. The molecule has 0 fully saturated rings. The third-order valence-electron chi connectivity index (χ3n) is 5.19. The second-order valence-corrected chi connectivity index (χ2v) is 9.13. The lowest BCUT2D eigenvalue weighted by Crippen LogP contribution is -2.36. The summed E-state index contributed by atoms with van der Waals surface area (Å²) in [5.74, 6) is -0.733. The van der Waals surface area contributed by atoms with Crippen LogP contribution < -0.4 is 0 Å². The molecule has 168 valence electrons. The number of unbranched alkanes of at least 4 members (excludes halogenated alkanes) is 9. The van der Waals surface area contributed by atoms with Gasteiger partial charge in [-0.25, -0.2) is 19.1 Å². The number of halogens is 1. The van der Waals surface area contributed by atoms with Crippen molar-refractivity contribution in [1.29, 1.82) is 0 Å². The van der Waals surface area contributed by atoms with E-state index in [1.54, 1.807) is 0 Å². The van der Waals surface area contributed by atoms with Crippen molar-refractivity contribution in [3.63, 3.8) is 0 Å². The van der Waals surface area contributed by atoms with Gasteiger partial charge in [-0.15, -0.1) is 0 Å². The Bertz CT molecular complexity index is 527. The van der Waals surface area contributed by atoms with Gasteiger partial charge in [-0.2, -0.15) is 0 Å². The van der Waals surface area contributed by atoms with Crippen LogP contribution in [0.3, 0.4) is 0 Å². The lowest BCUT2D eigenvalue weighted by molar-refractivity contribution is -0.510. The van der Waals surface area contributed by atoms with E-state index in [0.717, 1.165) is 25.1 Å². The summed E-state index contributed by atoms with van der Waals surface area (Å²) < 4.78 is 7.31. The van der Waals surface area contributed by atoms with Gasteiger partial charge < -0.3 is 14.9 Å². The Labute approximate surface area is 188 Å². The van der Waals surface area contributed by atoms with Crippen LogP contribution in [0.1, 0.15) is 77.6 Å². The molecule has 0 bridgehead atoms. The van der Waals surface area contributed by atoms with E-state index in [-0.39, 0.29) is 17.2 Å². The van der Waals surface area contributed by atoms with Crippen molar-refractivity contribution in [3.8, 4) is 0 Å². The van der Waals surface area contributed by atoms with E-state index in [1.807, 2.05) is 4.58 Å². The predicted octanol–water partition coefficient (Wildman–Crippen LogP) is 3.97. The van der Waals surface area contributed by atoms with Gasteiger partial charge in [0, 0.05) is 6.42 Å². The number of carbonyl (C=O) groups is 2. The highest BCUT2D eigenvalue weighted by molar-refractivity contribution is 14.1. The Morgan fingerprint density at radius 3 is 2.17 bits per heavy atom. The normalized spacial score (nSPS) is 16.6. The molecule has 0 spiro atoms. The van der Waals surface area contributed by atoms with Gasteiger partial charge >= 0.3 is 11.9 Å². The van der Waals surface area contributed by atoms with Crippen LogP contribution in [0.4, 0.5) is 0 Å². The van der Waals surface area contributed by atoms with Gasteiger partial charge in [0.05, 0.1) is 6.61 Å². The first-order chi connectivity index (χ1) is 14.0. The SMILES string of the molecule is CCCCCCCCCCCCC1=[N+](CC(=O)O)CC(I)N1CCOCC(=O)O. The minimum Gasteiger partial charge on any atom is -0.480 e. The van der Waals surface area contributed by atoms with E-state index in [1.165, 1.54) is 51.4 Å². The van der Waals surface area contributed by atoms with E-state index in [4.69, 9.17) is 9.84 Å². The lowest BCUT2D eigenvalue weighted by Gasteiger charge is -2.17. The zero-order valence-electron chi connectivity index (χ0n) is 17.8. The number of carboxylic acids is 2. The molecule has 2 N–H and O–H groups in total. The first-order valence-corrected chi connectivity index (χ1v) is 12.2. The molecule has 1 unspecified atom stereocenters. The van der Waals surface area contributed by atoms with Crippen molar-refractivity contribution in [2.75, 3.05) is 32.8 Å². The quantitative estimate of drug-likeness (QED) is 0.0926. The zero-order chi connectivity index (χ0) is 21.5. The molecule has 0 aliphatic carbocycles. The third-order valence-corrected chi connectivity index (χ3v) is 6.25. The molecule has 29 heavy (non-hydrogen) atoms. The summed E-state index contributed by atoms with van der Waals surface area (Å²) in [6, 6.07) is 0. The number of alkyl halides is 1. The average Bonchev–Trinajstić information content (AvgIpc) is 2.94. The summed E-state index contributed by atoms with van der Waals surface area (Å²) in [7, 11) is 0. The Balaban J connectivity index is 2.38. The Morgan fingerprint density at radius 1 is 1.03 bits per heavy atom. The van der Waals surface area contributed by atoms with E-state index >= 15 is 0 Å². The second-order valence-electron chi connectivity index (χ2n) is 7.70. The minimum absolute atomic E-state index is 0.0130. The van der Waals surface area contributed by atoms with Crippen LogP contribution in [0, 0.1) is 0 Å². The van der Waals surface area contributed by atoms with Crippen LogP contribution in [-0.4, -0.2) is 74.4 Å². The van der Waals surface area contributed by atoms with Crippen LogP contribution in [0.25, 0.3) is 0 Å². The van der Waals surface area contributed by atoms with E-state index in [9.17, 15) is 14.7 Å². The summed E-state index contributed by atoms with van der Waals surface area (Å²) in [4.78, 5) is 24.0. The van der Waals surface area contributed by atoms with Gasteiger partial charge in [-0.1, -0.05) is 64.7 Å². The maximum atomic E-state index is 11.2. The predicted molar refractivity (Wildman–Crippen MR) is 122 cm³/mol. The maximum absolute atomic E-state index is 11.2. The van der Waals surface area contributed by atoms with Crippen LogP contribution >= 0.6 is 22.6 Å². The van der Waals surface area contributed by atoms with Gasteiger partial charge in [-0.05, 0) is 29.0 Å². The van der Waals surface area contributed by atoms with Gasteiger partial charge in [0.15, 0.2) is 10.6 Å². The largest absolute Gasteiger partial charge is 0.480 e. The molecule has 1 atom stereocenters. The maximum Gasteiger partial charge on any atom is 0.345 e. The van der Waals surface area contributed by atoms with Crippen molar-refractivity contribution >= 4 is 40.4 Å². The number of aliphatic carboxylic acids is 2. The van der Waals surface area contributed by atoms with Crippen molar-refractivity contribution in [2.24, 2.45) is 0 Å². The molecule has 0 aromatic rings. The van der Waals surface area contributed by atoms with Crippen molar-refractivity contribution in [1.82, 2.24) is 4.90 Å². The summed E-state index contributed by atoms with van der Waals surface area (Å²) >= 11 is 2.33. The number of ether oxygens (including phenoxy) is 1. The molecule has 7 nitrogen and oxygen atoms in total. The molecule has 0 saturated carbocycles. The fourth-order valence-electron chi connectivity index (χ4n) is 3.71. The highest BCUT2D eigenvalue weighted by Crippen LogP contribution is 2.20.